The summed E-state index contributed by atoms with van der Waals surface area (Å²) >= 11 is 0. The largest absolute Gasteiger partial charge is 0.489 e. The highest BCUT2D eigenvalue weighted by molar-refractivity contribution is 6.15. The van der Waals surface area contributed by atoms with Crippen LogP contribution in [-0.2, 0) is 6.61 Å². The number of carbonyl (C=O) groups excluding carboxylic acids is 1. The molecule has 0 saturated heterocycles. The van der Waals surface area contributed by atoms with E-state index < -0.39 is 41.3 Å². The SMILES string of the molecule is O=C1/C(=C\c2c[nH]c3ccccc23)Oc2cc(OCc3c(F)c(F)c(F)c(F)c3F)ccc21. The number of aromatic nitrogens is 1. The molecular formula is C24H12F5NO3. The van der Waals surface area contributed by atoms with Gasteiger partial charge in [-0.2, -0.15) is 0 Å². The van der Waals surface area contributed by atoms with Gasteiger partial charge in [0.05, 0.1) is 11.1 Å². The van der Waals surface area contributed by atoms with Gasteiger partial charge in [0.2, 0.25) is 11.6 Å². The summed E-state index contributed by atoms with van der Waals surface area (Å²) in [6.45, 7) is -0.920. The van der Waals surface area contributed by atoms with Gasteiger partial charge in [0.25, 0.3) is 0 Å². The number of H-pyrrole nitrogens is 1. The quantitative estimate of drug-likeness (QED) is 0.176. The van der Waals surface area contributed by atoms with E-state index in [1.54, 1.807) is 12.3 Å². The minimum Gasteiger partial charge on any atom is -0.489 e. The van der Waals surface area contributed by atoms with Crippen LogP contribution >= 0.6 is 0 Å². The Balaban J connectivity index is 1.39. The van der Waals surface area contributed by atoms with Crippen molar-refractivity contribution < 1.29 is 36.2 Å². The number of Topliss-reactive ketones (excluding diaryl/α,β-unsaturated/α-hetero) is 1. The molecular weight excluding hydrogens is 445 g/mol. The van der Waals surface area contributed by atoms with Gasteiger partial charge in [-0.3, -0.25) is 4.79 Å². The van der Waals surface area contributed by atoms with Crippen LogP contribution in [0.15, 0.2) is 54.4 Å². The van der Waals surface area contributed by atoms with Crippen molar-refractivity contribution in [3.8, 4) is 11.5 Å². The molecule has 5 rings (SSSR count). The summed E-state index contributed by atoms with van der Waals surface area (Å²) in [4.78, 5) is 15.8. The topological polar surface area (TPSA) is 51.3 Å². The van der Waals surface area contributed by atoms with Crippen molar-refractivity contribution in [1.82, 2.24) is 4.98 Å². The molecule has 0 saturated carbocycles. The first kappa shape index (κ1) is 20.7. The highest BCUT2D eigenvalue weighted by Gasteiger charge is 2.29. The average molecular weight is 457 g/mol. The van der Waals surface area contributed by atoms with Gasteiger partial charge in [0, 0.05) is 28.7 Å². The van der Waals surface area contributed by atoms with Crippen LogP contribution in [-0.4, -0.2) is 10.8 Å². The van der Waals surface area contributed by atoms with Crippen molar-refractivity contribution in [1.29, 1.82) is 0 Å². The van der Waals surface area contributed by atoms with E-state index in [1.807, 2.05) is 24.3 Å². The minimum absolute atomic E-state index is 0.0128. The van der Waals surface area contributed by atoms with Crippen molar-refractivity contribution >= 4 is 22.8 Å². The maximum atomic E-state index is 13.8. The molecule has 0 atom stereocenters. The monoisotopic (exact) mass is 457 g/mol. The van der Waals surface area contributed by atoms with Crippen LogP contribution in [0.2, 0.25) is 0 Å². The Labute approximate surface area is 182 Å². The molecule has 1 N–H and O–H groups in total. The van der Waals surface area contributed by atoms with Gasteiger partial charge in [-0.25, -0.2) is 22.0 Å². The summed E-state index contributed by atoms with van der Waals surface area (Å²) in [6, 6.07) is 11.5. The molecule has 0 unspecified atom stereocenters. The first-order chi connectivity index (χ1) is 15.8. The number of carbonyl (C=O) groups is 1. The van der Waals surface area contributed by atoms with E-state index in [-0.39, 0.29) is 28.6 Å². The Morgan fingerprint density at radius 3 is 2.36 bits per heavy atom. The molecule has 0 aliphatic carbocycles. The molecule has 166 valence electrons. The molecule has 1 aliphatic rings. The Morgan fingerprint density at radius 2 is 1.61 bits per heavy atom. The minimum atomic E-state index is -2.24. The first-order valence-corrected chi connectivity index (χ1v) is 9.62. The van der Waals surface area contributed by atoms with Crippen LogP contribution in [0, 0.1) is 29.1 Å². The molecule has 9 heteroatoms. The number of hydrogen-bond acceptors (Lipinski definition) is 3. The molecule has 4 nitrogen and oxygen atoms in total. The zero-order chi connectivity index (χ0) is 23.3. The van der Waals surface area contributed by atoms with E-state index in [4.69, 9.17) is 9.47 Å². The molecule has 33 heavy (non-hydrogen) atoms. The van der Waals surface area contributed by atoms with E-state index in [0.29, 0.717) is 0 Å². The lowest BCUT2D eigenvalue weighted by atomic mass is 10.1. The third kappa shape index (κ3) is 3.42. The van der Waals surface area contributed by atoms with Gasteiger partial charge in [-0.1, -0.05) is 18.2 Å². The van der Waals surface area contributed by atoms with Crippen LogP contribution in [0.3, 0.4) is 0 Å². The molecule has 0 fully saturated rings. The van der Waals surface area contributed by atoms with Gasteiger partial charge < -0.3 is 14.5 Å². The third-order valence-electron chi connectivity index (χ3n) is 5.23. The lowest BCUT2D eigenvalue weighted by molar-refractivity contribution is 0.101. The lowest BCUT2D eigenvalue weighted by Crippen LogP contribution is -2.09. The van der Waals surface area contributed by atoms with Crippen molar-refractivity contribution in [2.24, 2.45) is 0 Å². The summed E-state index contributed by atoms with van der Waals surface area (Å²) in [5.41, 5.74) is 0.758. The number of aromatic amines is 1. The number of rotatable bonds is 4. The number of ether oxygens (including phenoxy) is 2. The van der Waals surface area contributed by atoms with Crippen LogP contribution < -0.4 is 9.47 Å². The second kappa shape index (κ2) is 7.77. The predicted molar refractivity (Wildman–Crippen MR) is 108 cm³/mol. The summed E-state index contributed by atoms with van der Waals surface area (Å²) in [5, 5.41) is 0.893. The Kier molecular flexibility index (Phi) is 4.88. The molecule has 0 radical (unpaired) electrons. The summed E-state index contributed by atoms with van der Waals surface area (Å²) in [5.74, 6) is -10.4. The summed E-state index contributed by atoms with van der Waals surface area (Å²) in [6.07, 6.45) is 3.31. The Hall–Kier alpha value is -4.14. The molecule has 0 spiro atoms. The van der Waals surface area contributed by atoms with E-state index in [9.17, 15) is 26.7 Å². The fourth-order valence-corrected chi connectivity index (χ4v) is 3.54. The first-order valence-electron chi connectivity index (χ1n) is 9.62. The van der Waals surface area contributed by atoms with E-state index in [1.165, 1.54) is 18.2 Å². The van der Waals surface area contributed by atoms with Gasteiger partial charge in [-0.05, 0) is 24.3 Å². The molecule has 0 bridgehead atoms. The van der Waals surface area contributed by atoms with Crippen molar-refractivity contribution in [2.45, 2.75) is 6.61 Å². The van der Waals surface area contributed by atoms with Crippen LogP contribution in [0.5, 0.6) is 11.5 Å². The van der Waals surface area contributed by atoms with E-state index >= 15 is 0 Å². The molecule has 2 heterocycles. The van der Waals surface area contributed by atoms with Crippen LogP contribution in [0.25, 0.3) is 17.0 Å². The number of hydrogen-bond donors (Lipinski definition) is 1. The number of halogens is 5. The Morgan fingerprint density at radius 1 is 0.909 bits per heavy atom. The fourth-order valence-electron chi connectivity index (χ4n) is 3.54. The number of benzene rings is 3. The number of nitrogens with one attached hydrogen (secondary N) is 1. The van der Waals surface area contributed by atoms with Crippen LogP contribution in [0.4, 0.5) is 22.0 Å². The summed E-state index contributed by atoms with van der Waals surface area (Å²) in [7, 11) is 0. The second-order valence-electron chi connectivity index (χ2n) is 7.22. The second-order valence-corrected chi connectivity index (χ2v) is 7.22. The smallest absolute Gasteiger partial charge is 0.231 e. The van der Waals surface area contributed by atoms with Crippen molar-refractivity contribution in [2.75, 3.05) is 0 Å². The average Bonchev–Trinajstić information content (AvgIpc) is 3.37. The molecule has 3 aromatic carbocycles. The number of ketones is 1. The van der Waals surface area contributed by atoms with E-state index in [0.717, 1.165) is 16.5 Å². The molecule has 1 aromatic heterocycles. The predicted octanol–water partition coefficient (Wildman–Crippen LogP) is 6.06. The number of para-hydroxylation sites is 1. The third-order valence-corrected chi connectivity index (χ3v) is 5.23. The Bertz CT molecular complexity index is 1450. The van der Waals surface area contributed by atoms with E-state index in [2.05, 4.69) is 4.98 Å². The lowest BCUT2D eigenvalue weighted by Gasteiger charge is -2.10. The highest BCUT2D eigenvalue weighted by atomic mass is 19.2. The van der Waals surface area contributed by atoms with Gasteiger partial charge in [-0.15, -0.1) is 0 Å². The van der Waals surface area contributed by atoms with Crippen LogP contribution in [0.1, 0.15) is 21.5 Å². The summed E-state index contributed by atoms with van der Waals surface area (Å²) < 4.78 is 78.4. The fraction of sp³-hybridized carbons (Fsp3) is 0.0417. The van der Waals surface area contributed by atoms with Crippen molar-refractivity contribution in [3.63, 3.8) is 0 Å². The molecule has 0 amide bonds. The maximum absolute atomic E-state index is 13.8. The number of fused-ring (bicyclic) bond motifs is 2. The normalized spacial score (nSPS) is 14.1. The highest BCUT2D eigenvalue weighted by Crippen LogP contribution is 2.36. The maximum Gasteiger partial charge on any atom is 0.231 e. The standard InChI is InChI=1S/C24H12F5NO3/c25-19-15(20(26)22(28)23(29)21(19)27)10-32-12-5-6-14-17(8-12)33-18(24(14)31)7-11-9-30-16-4-2-1-3-13(11)16/h1-9,30H,10H2/b18-7+. The van der Waals surface area contributed by atoms with Gasteiger partial charge >= 0.3 is 0 Å². The molecule has 1 aliphatic heterocycles. The van der Waals surface area contributed by atoms with Gasteiger partial charge in [0.15, 0.2) is 29.0 Å². The zero-order valence-electron chi connectivity index (χ0n) is 16.5. The molecule has 4 aromatic rings. The van der Waals surface area contributed by atoms with Crippen molar-refractivity contribution in [3.05, 3.63) is 100 Å². The zero-order valence-corrected chi connectivity index (χ0v) is 16.5. The number of allylic oxidation sites excluding steroid dienone is 1. The van der Waals surface area contributed by atoms with Gasteiger partial charge in [0.1, 0.15) is 18.1 Å².